The first-order valence-electron chi connectivity index (χ1n) is 9.49. The van der Waals surface area contributed by atoms with Gasteiger partial charge in [0.2, 0.25) is 0 Å². The van der Waals surface area contributed by atoms with E-state index in [1.54, 1.807) is 12.5 Å². The minimum absolute atomic E-state index is 0.0604. The number of carbonyl (C=O) groups is 1. The van der Waals surface area contributed by atoms with Crippen molar-refractivity contribution in [1.29, 1.82) is 0 Å². The van der Waals surface area contributed by atoms with Gasteiger partial charge in [-0.25, -0.2) is 4.79 Å². The van der Waals surface area contributed by atoms with Crippen molar-refractivity contribution in [1.82, 2.24) is 14.8 Å². The highest BCUT2D eigenvalue weighted by Gasteiger charge is 2.47. The second kappa shape index (κ2) is 7.13. The zero-order valence-electron chi connectivity index (χ0n) is 15.4. The Hall–Kier alpha value is -3.12. The predicted octanol–water partition coefficient (Wildman–Crippen LogP) is 3.55. The maximum absolute atomic E-state index is 12.3. The number of likely N-dealkylation sites (tertiary alicyclic amines) is 1. The van der Waals surface area contributed by atoms with E-state index < -0.39 is 0 Å². The van der Waals surface area contributed by atoms with Crippen LogP contribution < -0.4 is 0 Å². The first-order valence-corrected chi connectivity index (χ1v) is 9.49. The van der Waals surface area contributed by atoms with Crippen LogP contribution in [-0.2, 0) is 17.8 Å². The summed E-state index contributed by atoms with van der Waals surface area (Å²) in [5.74, 6) is 0.873. The number of amides is 1. The molecule has 5 rings (SSSR count). The SMILES string of the molecule is O=C1O[C@@H]2CN(Cc3ccccc3-c3ccco3)C[C@@H]2N1Cc1ccccn1. The number of hydrogen-bond donors (Lipinski definition) is 0. The average molecular weight is 375 g/mol. The summed E-state index contributed by atoms with van der Waals surface area (Å²) in [6, 6.07) is 18.0. The van der Waals surface area contributed by atoms with Gasteiger partial charge in [-0.2, -0.15) is 0 Å². The number of aromatic nitrogens is 1. The van der Waals surface area contributed by atoms with Crippen LogP contribution in [0.3, 0.4) is 0 Å². The number of furan rings is 1. The number of fused-ring (bicyclic) bond motifs is 1. The van der Waals surface area contributed by atoms with Gasteiger partial charge in [0.15, 0.2) is 0 Å². The van der Waals surface area contributed by atoms with E-state index in [0.717, 1.165) is 36.7 Å². The predicted molar refractivity (Wildman–Crippen MR) is 103 cm³/mol. The number of carbonyl (C=O) groups excluding carboxylic acids is 1. The standard InChI is InChI=1S/C22H21N3O3/c26-22-25(13-17-7-3-4-10-23-17)19-14-24(15-21(19)28-22)12-16-6-1-2-8-18(16)20-9-5-11-27-20/h1-11,19,21H,12-15H2/t19-,21+/m0/s1. The van der Waals surface area contributed by atoms with E-state index >= 15 is 0 Å². The fourth-order valence-corrected chi connectivity index (χ4v) is 4.13. The fourth-order valence-electron chi connectivity index (χ4n) is 4.13. The van der Waals surface area contributed by atoms with Gasteiger partial charge in [0, 0.05) is 31.4 Å². The van der Waals surface area contributed by atoms with Crippen molar-refractivity contribution in [2.24, 2.45) is 0 Å². The molecule has 0 aliphatic carbocycles. The summed E-state index contributed by atoms with van der Waals surface area (Å²) in [4.78, 5) is 20.8. The van der Waals surface area contributed by atoms with Gasteiger partial charge in [0.05, 0.1) is 24.5 Å². The van der Waals surface area contributed by atoms with Gasteiger partial charge in [0.25, 0.3) is 0 Å². The lowest BCUT2D eigenvalue weighted by Crippen LogP contribution is -2.37. The topological polar surface area (TPSA) is 58.8 Å². The molecule has 0 unspecified atom stereocenters. The Labute approximate surface area is 163 Å². The van der Waals surface area contributed by atoms with E-state index in [0.29, 0.717) is 6.54 Å². The summed E-state index contributed by atoms with van der Waals surface area (Å²) < 4.78 is 11.2. The van der Waals surface area contributed by atoms with E-state index in [1.807, 2.05) is 47.4 Å². The second-order valence-electron chi connectivity index (χ2n) is 7.27. The first kappa shape index (κ1) is 17.0. The number of pyridine rings is 1. The monoisotopic (exact) mass is 375 g/mol. The first-order chi connectivity index (χ1) is 13.8. The highest BCUT2D eigenvalue weighted by molar-refractivity contribution is 5.71. The molecule has 28 heavy (non-hydrogen) atoms. The largest absolute Gasteiger partial charge is 0.464 e. The van der Waals surface area contributed by atoms with Crippen molar-refractivity contribution >= 4 is 6.09 Å². The highest BCUT2D eigenvalue weighted by Crippen LogP contribution is 2.31. The molecular weight excluding hydrogens is 354 g/mol. The lowest BCUT2D eigenvalue weighted by Gasteiger charge is -2.22. The Morgan fingerprint density at radius 1 is 1.00 bits per heavy atom. The highest BCUT2D eigenvalue weighted by atomic mass is 16.6. The van der Waals surface area contributed by atoms with Gasteiger partial charge in [-0.3, -0.25) is 14.8 Å². The van der Waals surface area contributed by atoms with Crippen LogP contribution in [0.2, 0.25) is 0 Å². The molecule has 1 amide bonds. The van der Waals surface area contributed by atoms with Gasteiger partial charge in [-0.1, -0.05) is 30.3 Å². The molecule has 2 aliphatic heterocycles. The minimum Gasteiger partial charge on any atom is -0.464 e. The molecule has 0 radical (unpaired) electrons. The minimum atomic E-state index is -0.240. The van der Waals surface area contributed by atoms with Crippen molar-refractivity contribution < 1.29 is 13.9 Å². The Balaban J connectivity index is 1.31. The number of nitrogens with zero attached hydrogens (tertiary/aromatic N) is 3. The molecule has 4 heterocycles. The molecule has 0 N–H and O–H groups in total. The summed E-state index contributed by atoms with van der Waals surface area (Å²) in [5.41, 5.74) is 3.19. The van der Waals surface area contributed by atoms with Crippen LogP contribution in [-0.4, -0.2) is 46.1 Å². The Kier molecular flexibility index (Phi) is 4.33. The lowest BCUT2D eigenvalue weighted by molar-refractivity contribution is 0.119. The third-order valence-corrected chi connectivity index (χ3v) is 5.46. The van der Waals surface area contributed by atoms with Crippen LogP contribution in [0.4, 0.5) is 4.79 Å². The van der Waals surface area contributed by atoms with Gasteiger partial charge in [-0.15, -0.1) is 0 Å². The number of ether oxygens (including phenoxy) is 1. The van der Waals surface area contributed by atoms with E-state index in [-0.39, 0.29) is 18.2 Å². The fraction of sp³-hybridized carbons (Fsp3) is 0.273. The van der Waals surface area contributed by atoms with Gasteiger partial charge in [0.1, 0.15) is 11.9 Å². The zero-order chi connectivity index (χ0) is 18.9. The van der Waals surface area contributed by atoms with Crippen molar-refractivity contribution in [3.8, 4) is 11.3 Å². The summed E-state index contributed by atoms with van der Waals surface area (Å²) in [6.45, 7) is 2.80. The van der Waals surface area contributed by atoms with Crippen LogP contribution in [0.5, 0.6) is 0 Å². The molecule has 2 fully saturated rings. The Morgan fingerprint density at radius 2 is 1.89 bits per heavy atom. The van der Waals surface area contributed by atoms with Crippen molar-refractivity contribution in [2.45, 2.75) is 25.2 Å². The number of benzene rings is 1. The maximum Gasteiger partial charge on any atom is 0.410 e. The summed E-state index contributed by atoms with van der Waals surface area (Å²) >= 11 is 0. The molecule has 6 heteroatoms. The summed E-state index contributed by atoms with van der Waals surface area (Å²) in [5, 5.41) is 0. The maximum atomic E-state index is 12.3. The molecule has 2 aliphatic rings. The molecule has 2 atom stereocenters. The molecule has 2 aromatic heterocycles. The molecule has 1 aromatic carbocycles. The van der Waals surface area contributed by atoms with Crippen LogP contribution in [0.25, 0.3) is 11.3 Å². The van der Waals surface area contributed by atoms with Crippen LogP contribution in [0, 0.1) is 0 Å². The summed E-state index contributed by atoms with van der Waals surface area (Å²) in [6.07, 6.45) is 3.12. The van der Waals surface area contributed by atoms with E-state index in [1.165, 1.54) is 5.56 Å². The quantitative estimate of drug-likeness (QED) is 0.683. The smallest absolute Gasteiger partial charge is 0.410 e. The third-order valence-electron chi connectivity index (χ3n) is 5.46. The number of hydrogen-bond acceptors (Lipinski definition) is 5. The van der Waals surface area contributed by atoms with E-state index in [9.17, 15) is 4.79 Å². The normalized spacial score (nSPS) is 21.7. The van der Waals surface area contributed by atoms with Crippen LogP contribution in [0.15, 0.2) is 71.5 Å². The molecule has 142 valence electrons. The van der Waals surface area contributed by atoms with Crippen molar-refractivity contribution in [3.05, 3.63) is 78.3 Å². The van der Waals surface area contributed by atoms with Crippen LogP contribution in [0.1, 0.15) is 11.3 Å². The molecule has 2 saturated heterocycles. The van der Waals surface area contributed by atoms with Gasteiger partial charge < -0.3 is 9.15 Å². The molecule has 0 saturated carbocycles. The lowest BCUT2D eigenvalue weighted by atomic mass is 10.0. The molecule has 3 aromatic rings. The van der Waals surface area contributed by atoms with Gasteiger partial charge in [-0.05, 0) is 29.8 Å². The average Bonchev–Trinajstić information content (AvgIpc) is 3.43. The van der Waals surface area contributed by atoms with Crippen molar-refractivity contribution in [3.63, 3.8) is 0 Å². The molecular formula is C22H21N3O3. The Morgan fingerprint density at radius 3 is 2.71 bits per heavy atom. The van der Waals surface area contributed by atoms with Crippen molar-refractivity contribution in [2.75, 3.05) is 13.1 Å². The molecule has 0 bridgehead atoms. The second-order valence-corrected chi connectivity index (χ2v) is 7.27. The van der Waals surface area contributed by atoms with E-state index in [4.69, 9.17) is 9.15 Å². The zero-order valence-corrected chi connectivity index (χ0v) is 15.4. The molecule has 6 nitrogen and oxygen atoms in total. The van der Waals surface area contributed by atoms with Gasteiger partial charge >= 0.3 is 6.09 Å². The third kappa shape index (κ3) is 3.16. The number of rotatable bonds is 5. The van der Waals surface area contributed by atoms with Crippen LogP contribution >= 0.6 is 0 Å². The molecule has 0 spiro atoms. The Bertz CT molecular complexity index is 958. The van der Waals surface area contributed by atoms with E-state index in [2.05, 4.69) is 22.0 Å². The summed E-state index contributed by atoms with van der Waals surface area (Å²) in [7, 11) is 0.